The zero-order valence-corrected chi connectivity index (χ0v) is 73.6. The second-order valence-corrected chi connectivity index (χ2v) is 36.7. The third-order valence-electron chi connectivity index (χ3n) is 30.4. The van der Waals surface area contributed by atoms with Gasteiger partial charge in [-0.1, -0.05) is 400 Å². The Bertz CT molecular complexity index is 7800. The van der Waals surface area contributed by atoms with Gasteiger partial charge in [0.25, 0.3) is 0 Å². The Morgan fingerprint density at radius 2 is 0.296 bits per heavy atom. The molecule has 0 N–H and O–H groups in total. The summed E-state index contributed by atoms with van der Waals surface area (Å²) < 4.78 is 0. The number of nitrogens with zero attached hydrogens (tertiary/aromatic N) is 3. The van der Waals surface area contributed by atoms with Gasteiger partial charge in [-0.3, -0.25) is 15.0 Å². The van der Waals surface area contributed by atoms with Gasteiger partial charge in [0.2, 0.25) is 0 Å². The molecule has 0 amide bonds. The Hall–Kier alpha value is -17.4. The number of benzene rings is 19. The molecule has 22 aromatic rings. The molecule has 28 rings (SSSR count). The second-order valence-electron chi connectivity index (χ2n) is 36.7. The first-order chi connectivity index (χ1) is 67.0. The fourth-order valence-electron chi connectivity index (χ4n) is 25.2. The molecule has 0 atom stereocenters. The molecule has 0 bridgehead atoms. The highest BCUT2D eigenvalue weighted by atomic mass is 14.7. The van der Waals surface area contributed by atoms with E-state index in [0.29, 0.717) is 0 Å². The average molecular weight is 1710 g/mol. The Morgan fingerprint density at radius 1 is 0.111 bits per heavy atom. The highest BCUT2D eigenvalue weighted by Crippen LogP contribution is 2.69. The molecule has 0 radical (unpaired) electrons. The van der Waals surface area contributed by atoms with Gasteiger partial charge in [0.15, 0.2) is 0 Å². The van der Waals surface area contributed by atoms with E-state index < -0.39 is 16.2 Å². The summed E-state index contributed by atoms with van der Waals surface area (Å²) in [6, 6.07) is 179. The van der Waals surface area contributed by atoms with Gasteiger partial charge < -0.3 is 0 Å². The van der Waals surface area contributed by atoms with Crippen LogP contribution in [0.3, 0.4) is 0 Å². The van der Waals surface area contributed by atoms with Gasteiger partial charge in [0.1, 0.15) is 0 Å². The lowest BCUT2D eigenvalue weighted by Gasteiger charge is -2.30. The van der Waals surface area contributed by atoms with Crippen LogP contribution in [0.5, 0.6) is 0 Å². The van der Waals surface area contributed by atoms with Gasteiger partial charge in [-0.2, -0.15) is 0 Å². The molecular weight excluding hydrogens is 1630 g/mol. The maximum absolute atomic E-state index is 5.09. The van der Waals surface area contributed by atoms with Crippen molar-refractivity contribution in [2.24, 2.45) is 0 Å². The highest BCUT2D eigenvalue weighted by Gasteiger charge is 2.56. The molecule has 0 saturated heterocycles. The summed E-state index contributed by atoms with van der Waals surface area (Å²) >= 11 is 0. The molecule has 6 aliphatic carbocycles. The van der Waals surface area contributed by atoms with Gasteiger partial charge in [0, 0.05) is 35.3 Å². The molecule has 6 aliphatic rings. The van der Waals surface area contributed by atoms with E-state index in [2.05, 4.69) is 455 Å². The molecule has 624 valence electrons. The fourth-order valence-corrected chi connectivity index (χ4v) is 25.2. The maximum Gasteiger partial charge on any atom is 0.0725 e. The SMILES string of the molecule is c1ccc(-c2ccc(-c3ccccc3-c3cc(-c4ccccc4-c4ccc(-c5ccccn5)cc4-c4cccc5c4-c4ccccc4C54c5ccccc5-c5ccccc54)cc(-c4ccccc4-c4ccc(-c5ccccn5)cc4-c4cccc5c4-c4ccccc4C54c5ccccc5-c5ccccc54)c3)c(-c3cccc4c3-c3ccccc3C43c4ccccc4-c4ccccc43)c2)nc1. The van der Waals surface area contributed by atoms with E-state index in [1.165, 1.54) is 134 Å². The number of pyridine rings is 3. The van der Waals surface area contributed by atoms with Crippen molar-refractivity contribution in [1.29, 1.82) is 0 Å². The van der Waals surface area contributed by atoms with Crippen LogP contribution >= 0.6 is 0 Å². The van der Waals surface area contributed by atoms with Crippen LogP contribution in [-0.2, 0) is 16.2 Å². The van der Waals surface area contributed by atoms with Crippen LogP contribution in [0.2, 0.25) is 0 Å². The Balaban J connectivity index is 0.692. The van der Waals surface area contributed by atoms with Gasteiger partial charge in [-0.25, -0.2) is 0 Å². The predicted molar refractivity (Wildman–Crippen MR) is 554 cm³/mol. The van der Waals surface area contributed by atoms with Crippen molar-refractivity contribution in [2.45, 2.75) is 16.2 Å². The normalized spacial score (nSPS) is 13.5. The Labute approximate surface area is 784 Å². The summed E-state index contributed by atoms with van der Waals surface area (Å²) in [5.74, 6) is 0. The van der Waals surface area contributed by atoms with Crippen molar-refractivity contribution in [1.82, 2.24) is 15.0 Å². The molecule has 3 heteroatoms. The van der Waals surface area contributed by atoms with Crippen LogP contribution in [-0.4, -0.2) is 15.0 Å². The smallest absolute Gasteiger partial charge is 0.0725 e. The monoisotopic (exact) mass is 1710 g/mol. The molecular formula is C132H81N3. The third-order valence-corrected chi connectivity index (χ3v) is 30.4. The maximum atomic E-state index is 5.09. The van der Waals surface area contributed by atoms with Gasteiger partial charge in [-0.15, -0.1) is 0 Å². The van der Waals surface area contributed by atoms with Gasteiger partial charge >= 0.3 is 0 Å². The Morgan fingerprint density at radius 3 is 0.533 bits per heavy atom. The first kappa shape index (κ1) is 76.5. The molecule has 19 aromatic carbocycles. The lowest BCUT2D eigenvalue weighted by atomic mass is 9.70. The van der Waals surface area contributed by atoms with Gasteiger partial charge in [0.05, 0.1) is 33.3 Å². The van der Waals surface area contributed by atoms with Crippen LogP contribution in [0.15, 0.2) is 492 Å². The summed E-state index contributed by atoms with van der Waals surface area (Å²) in [4.78, 5) is 15.3. The van der Waals surface area contributed by atoms with Crippen molar-refractivity contribution >= 4 is 0 Å². The Kier molecular flexibility index (Phi) is 16.9. The molecule has 0 fully saturated rings. The van der Waals surface area contributed by atoms with Crippen LogP contribution in [0.25, 0.3) is 201 Å². The van der Waals surface area contributed by atoms with E-state index in [9.17, 15) is 0 Å². The minimum absolute atomic E-state index is 0.561. The number of fused-ring (bicyclic) bond motifs is 30. The lowest BCUT2D eigenvalue weighted by molar-refractivity contribution is 0.794. The van der Waals surface area contributed by atoms with Crippen LogP contribution in [0.4, 0.5) is 0 Å². The van der Waals surface area contributed by atoms with E-state index in [1.807, 2.05) is 36.8 Å². The topological polar surface area (TPSA) is 38.7 Å². The van der Waals surface area contributed by atoms with E-state index in [0.717, 1.165) is 134 Å². The predicted octanol–water partition coefficient (Wildman–Crippen LogP) is 32.9. The largest absolute Gasteiger partial charge is 0.256 e. The molecule has 3 nitrogen and oxygen atoms in total. The molecule has 135 heavy (non-hydrogen) atoms. The van der Waals surface area contributed by atoms with E-state index in [1.54, 1.807) is 0 Å². The second kappa shape index (κ2) is 29.8. The third kappa shape index (κ3) is 10.9. The van der Waals surface area contributed by atoms with Crippen LogP contribution in [0, 0.1) is 0 Å². The van der Waals surface area contributed by atoms with Crippen molar-refractivity contribution in [2.75, 3.05) is 0 Å². The van der Waals surface area contributed by atoms with Crippen molar-refractivity contribution in [3.8, 4) is 201 Å². The first-order valence-electron chi connectivity index (χ1n) is 46.9. The van der Waals surface area contributed by atoms with Crippen molar-refractivity contribution in [3.63, 3.8) is 0 Å². The van der Waals surface area contributed by atoms with Crippen LogP contribution in [0.1, 0.15) is 66.8 Å². The summed E-state index contributed by atoms with van der Waals surface area (Å²) in [6.45, 7) is 0. The molecule has 3 aromatic heterocycles. The quantitative estimate of drug-likeness (QED) is 0.122. The minimum Gasteiger partial charge on any atom is -0.256 e. The molecule has 3 spiro atoms. The molecule has 0 unspecified atom stereocenters. The summed E-state index contributed by atoms with van der Waals surface area (Å²) in [7, 11) is 0. The van der Waals surface area contributed by atoms with Crippen LogP contribution < -0.4 is 0 Å². The number of aromatic nitrogens is 3. The summed E-state index contributed by atoms with van der Waals surface area (Å²) in [5.41, 5.74) is 54.8. The number of rotatable bonds is 12. The highest BCUT2D eigenvalue weighted by molar-refractivity contribution is 6.10. The standard InChI is InChI=1S/C132H81N3/c1-4-37-91(94-70-67-82(124-64-25-28-73-133-124)79-109(94)103-49-31-61-121-127(103)106-46-13-22-58-118(106)130(121)112-52-16-7-40-97(112)98-41-8-17-53-113(98)130)88(34-1)85-76-86(89-35-2-5-38-92(89)95-71-68-83(125-65-26-29-74-134-125)80-110(95)104-50-32-62-122-128(104)107-47-14-23-59-119(107)131(122)114-54-18-9-42-99(114)100-43-10-19-55-115(100)131)78-87(77-85)90-36-3-6-39-93(90)96-72-69-84(126-66-27-30-75-135-126)81-111(96)105-51-33-63-123-129(105)108-48-15-24-60-120(108)132(123)116-56-20-11-44-101(116)102-45-12-21-57-117(102)132/h1-81H. The van der Waals surface area contributed by atoms with E-state index in [-0.39, 0.29) is 0 Å². The average Bonchev–Trinajstić information content (AvgIpc) is 1.51. The van der Waals surface area contributed by atoms with E-state index >= 15 is 0 Å². The van der Waals surface area contributed by atoms with Gasteiger partial charge in [-0.05, 0) is 306 Å². The fraction of sp³-hybridized carbons (Fsp3) is 0.0227. The molecule has 3 heterocycles. The zero-order chi connectivity index (χ0) is 88.6. The van der Waals surface area contributed by atoms with E-state index in [4.69, 9.17) is 15.0 Å². The van der Waals surface area contributed by atoms with Crippen molar-refractivity contribution < 1.29 is 0 Å². The molecule has 0 saturated carbocycles. The number of hydrogen-bond acceptors (Lipinski definition) is 3. The van der Waals surface area contributed by atoms with Crippen molar-refractivity contribution in [3.05, 3.63) is 559 Å². The lowest BCUT2D eigenvalue weighted by Crippen LogP contribution is -2.25. The number of hydrogen-bond donors (Lipinski definition) is 0. The zero-order valence-electron chi connectivity index (χ0n) is 73.6. The minimum atomic E-state index is -0.561. The molecule has 0 aliphatic heterocycles. The summed E-state index contributed by atoms with van der Waals surface area (Å²) in [6.07, 6.45) is 5.74. The first-order valence-corrected chi connectivity index (χ1v) is 46.9. The summed E-state index contributed by atoms with van der Waals surface area (Å²) in [5, 5.41) is 0.